The van der Waals surface area contributed by atoms with E-state index in [1.165, 1.54) is 19.1 Å². The number of amides is 1. The quantitative estimate of drug-likeness (QED) is 0.650. The fraction of sp³-hybridized carbons (Fsp3) is 0.286. The van der Waals surface area contributed by atoms with Crippen LogP contribution in [0, 0.1) is 6.92 Å². The highest BCUT2D eigenvalue weighted by atomic mass is 32.2. The minimum absolute atomic E-state index is 0.0160. The molecule has 1 N–H and O–H groups in total. The van der Waals surface area contributed by atoms with Crippen LogP contribution >= 0.6 is 0 Å². The van der Waals surface area contributed by atoms with Gasteiger partial charge < -0.3 is 4.18 Å². The van der Waals surface area contributed by atoms with Gasteiger partial charge in [0.2, 0.25) is 17.7 Å². The number of nitrogens with one attached hydrogen (secondary N) is 1. The monoisotopic (exact) mass is 413 g/mol. The summed E-state index contributed by atoms with van der Waals surface area (Å²) < 4.78 is 30.9. The third-order valence-corrected chi connectivity index (χ3v) is 5.54. The largest absolute Gasteiger partial charge is 0.357 e. The highest BCUT2D eigenvalue weighted by Gasteiger charge is 2.22. The molecule has 1 aromatic heterocycles. The second kappa shape index (κ2) is 7.44. The summed E-state index contributed by atoms with van der Waals surface area (Å²) in [4.78, 5) is 20.0. The summed E-state index contributed by atoms with van der Waals surface area (Å²) in [7, 11) is -4.11. The third-order valence-electron chi connectivity index (χ3n) is 4.31. The maximum absolute atomic E-state index is 12.7. The van der Waals surface area contributed by atoms with Gasteiger partial charge in [0.05, 0.1) is 10.9 Å². The van der Waals surface area contributed by atoms with Crippen LogP contribution in [0.1, 0.15) is 38.8 Å². The smallest absolute Gasteiger partial charge is 0.340 e. The summed E-state index contributed by atoms with van der Waals surface area (Å²) in [6, 6.07) is 11.8. The number of hydrogen-bond acceptors (Lipinski definition) is 6. The molecule has 0 fully saturated rings. The summed E-state index contributed by atoms with van der Waals surface area (Å²) >= 11 is 0. The zero-order chi connectivity index (χ0) is 21.4. The van der Waals surface area contributed by atoms with Crippen LogP contribution in [0.25, 0.3) is 10.9 Å². The number of anilines is 1. The van der Waals surface area contributed by atoms with Crippen molar-refractivity contribution in [3.05, 3.63) is 53.6 Å². The zero-order valence-corrected chi connectivity index (χ0v) is 17.8. The number of rotatable bonds is 4. The first-order chi connectivity index (χ1) is 13.5. The average Bonchev–Trinajstić information content (AvgIpc) is 2.60. The first kappa shape index (κ1) is 20.7. The lowest BCUT2D eigenvalue weighted by Crippen LogP contribution is -2.15. The van der Waals surface area contributed by atoms with Gasteiger partial charge in [-0.3, -0.25) is 10.1 Å². The van der Waals surface area contributed by atoms with Crippen LogP contribution in [0.3, 0.4) is 0 Å². The highest BCUT2D eigenvalue weighted by Crippen LogP contribution is 2.31. The molecule has 0 bridgehead atoms. The lowest BCUT2D eigenvalue weighted by molar-refractivity contribution is -0.114. The van der Waals surface area contributed by atoms with Gasteiger partial charge in [-0.2, -0.15) is 13.4 Å². The molecule has 152 valence electrons. The van der Waals surface area contributed by atoms with Crippen molar-refractivity contribution in [1.82, 2.24) is 9.97 Å². The summed E-state index contributed by atoms with van der Waals surface area (Å²) in [5, 5.41) is 2.93. The number of aromatic nitrogens is 2. The van der Waals surface area contributed by atoms with E-state index in [9.17, 15) is 13.2 Å². The van der Waals surface area contributed by atoms with E-state index in [0.29, 0.717) is 10.9 Å². The molecule has 3 aromatic rings. The van der Waals surface area contributed by atoms with Crippen LogP contribution in [0.2, 0.25) is 0 Å². The van der Waals surface area contributed by atoms with E-state index in [1.807, 2.05) is 19.1 Å². The van der Waals surface area contributed by atoms with Crippen molar-refractivity contribution in [1.29, 1.82) is 0 Å². The van der Waals surface area contributed by atoms with Crippen molar-refractivity contribution in [2.45, 2.75) is 44.9 Å². The molecular formula is C21H23N3O4S. The Morgan fingerprint density at radius 3 is 2.28 bits per heavy atom. The van der Waals surface area contributed by atoms with E-state index in [4.69, 9.17) is 4.18 Å². The fourth-order valence-electron chi connectivity index (χ4n) is 2.70. The third kappa shape index (κ3) is 4.71. The number of carbonyl (C=O) groups excluding carboxylic acids is 1. The van der Waals surface area contributed by atoms with Crippen LogP contribution in [0.4, 0.5) is 5.95 Å². The molecule has 1 heterocycles. The van der Waals surface area contributed by atoms with Crippen molar-refractivity contribution >= 4 is 32.9 Å². The molecule has 0 saturated heterocycles. The predicted octanol–water partition coefficient (Wildman–Crippen LogP) is 3.96. The Hall–Kier alpha value is -3.00. The van der Waals surface area contributed by atoms with Gasteiger partial charge in [0.15, 0.2) is 0 Å². The van der Waals surface area contributed by atoms with E-state index in [-0.39, 0.29) is 28.0 Å². The highest BCUT2D eigenvalue weighted by molar-refractivity contribution is 7.87. The maximum atomic E-state index is 12.7. The lowest BCUT2D eigenvalue weighted by atomic mass is 9.86. The molecule has 0 radical (unpaired) electrons. The number of aryl methyl sites for hydroxylation is 1. The average molecular weight is 413 g/mol. The molecular weight excluding hydrogens is 390 g/mol. The van der Waals surface area contributed by atoms with Crippen LogP contribution in [0.5, 0.6) is 5.88 Å². The van der Waals surface area contributed by atoms with E-state index in [0.717, 1.165) is 11.1 Å². The van der Waals surface area contributed by atoms with Gasteiger partial charge in [0.1, 0.15) is 4.90 Å². The normalized spacial score (nSPS) is 12.0. The molecule has 3 rings (SSSR count). The molecule has 0 unspecified atom stereocenters. The molecule has 0 aliphatic rings. The number of carbonyl (C=O) groups is 1. The van der Waals surface area contributed by atoms with E-state index < -0.39 is 10.1 Å². The van der Waals surface area contributed by atoms with Crippen LogP contribution in [-0.4, -0.2) is 24.3 Å². The second-order valence-electron chi connectivity index (χ2n) is 7.87. The SMILES string of the molecule is CC(=O)Nc1nc(OS(=O)(=O)c2ccc(C)cc2)c2ccc(C(C)(C)C)cc2n1. The molecule has 0 aliphatic carbocycles. The predicted molar refractivity (Wildman–Crippen MR) is 112 cm³/mol. The summed E-state index contributed by atoms with van der Waals surface area (Å²) in [6.07, 6.45) is 0. The van der Waals surface area contributed by atoms with Crippen molar-refractivity contribution in [2.24, 2.45) is 0 Å². The Bertz CT molecular complexity index is 1180. The fourth-order valence-corrected chi connectivity index (χ4v) is 3.60. The Kier molecular flexibility index (Phi) is 5.32. The molecule has 8 heteroatoms. The molecule has 7 nitrogen and oxygen atoms in total. The van der Waals surface area contributed by atoms with E-state index in [2.05, 4.69) is 36.1 Å². The molecule has 0 saturated carbocycles. The van der Waals surface area contributed by atoms with Crippen molar-refractivity contribution in [2.75, 3.05) is 5.32 Å². The van der Waals surface area contributed by atoms with Gasteiger partial charge in [-0.25, -0.2) is 4.98 Å². The number of nitrogens with zero attached hydrogens (tertiary/aromatic N) is 2. The standard InChI is InChI=1S/C21H23N3O4S/c1-13-6-9-16(10-7-13)29(26,27)28-19-17-11-8-15(21(3,4)5)12-18(17)23-20(24-19)22-14(2)25/h6-12H,1-5H3,(H,22,23,24,25). The first-order valence-corrected chi connectivity index (χ1v) is 10.5. The Balaban J connectivity index is 2.14. The van der Waals surface area contributed by atoms with Gasteiger partial charge in [-0.1, -0.05) is 44.5 Å². The van der Waals surface area contributed by atoms with Crippen molar-refractivity contribution < 1.29 is 17.4 Å². The molecule has 29 heavy (non-hydrogen) atoms. The summed E-state index contributed by atoms with van der Waals surface area (Å²) in [6.45, 7) is 9.36. The van der Waals surface area contributed by atoms with Crippen LogP contribution in [-0.2, 0) is 20.3 Å². The van der Waals surface area contributed by atoms with E-state index >= 15 is 0 Å². The Morgan fingerprint density at radius 2 is 1.69 bits per heavy atom. The molecule has 2 aromatic carbocycles. The Morgan fingerprint density at radius 1 is 1.03 bits per heavy atom. The minimum Gasteiger partial charge on any atom is -0.357 e. The summed E-state index contributed by atoms with van der Waals surface area (Å²) in [5.41, 5.74) is 2.27. The maximum Gasteiger partial charge on any atom is 0.340 e. The number of hydrogen-bond donors (Lipinski definition) is 1. The van der Waals surface area contributed by atoms with Gasteiger partial charge in [0.25, 0.3) is 0 Å². The number of benzene rings is 2. The topological polar surface area (TPSA) is 98.2 Å². The lowest BCUT2D eigenvalue weighted by Gasteiger charge is -2.19. The Labute approximate surface area is 170 Å². The van der Waals surface area contributed by atoms with Gasteiger partial charge in [-0.15, -0.1) is 0 Å². The molecule has 0 spiro atoms. The molecule has 0 atom stereocenters. The van der Waals surface area contributed by atoms with Crippen molar-refractivity contribution in [3.8, 4) is 5.88 Å². The van der Waals surface area contributed by atoms with Gasteiger partial charge in [0, 0.05) is 6.92 Å². The number of fused-ring (bicyclic) bond motifs is 1. The zero-order valence-electron chi connectivity index (χ0n) is 17.0. The van der Waals surface area contributed by atoms with Crippen LogP contribution in [0.15, 0.2) is 47.4 Å². The van der Waals surface area contributed by atoms with Crippen LogP contribution < -0.4 is 9.50 Å². The minimum atomic E-state index is -4.11. The van der Waals surface area contributed by atoms with Gasteiger partial charge in [-0.05, 0) is 42.2 Å². The first-order valence-electron chi connectivity index (χ1n) is 9.07. The van der Waals surface area contributed by atoms with E-state index in [1.54, 1.807) is 18.2 Å². The second-order valence-corrected chi connectivity index (χ2v) is 9.41. The summed E-state index contributed by atoms with van der Waals surface area (Å²) in [5.74, 6) is -0.534. The molecule has 1 amide bonds. The van der Waals surface area contributed by atoms with Crippen molar-refractivity contribution in [3.63, 3.8) is 0 Å². The van der Waals surface area contributed by atoms with Gasteiger partial charge >= 0.3 is 10.1 Å². The molecule has 0 aliphatic heterocycles.